The fraction of sp³-hybridized carbons (Fsp3) is 0.562. The summed E-state index contributed by atoms with van der Waals surface area (Å²) in [5, 5.41) is 23.1. The molecule has 1 saturated heterocycles. The van der Waals surface area contributed by atoms with Crippen molar-refractivity contribution >= 4 is 22.0 Å². The minimum absolute atomic E-state index is 0.156. The van der Waals surface area contributed by atoms with Crippen LogP contribution in [0.3, 0.4) is 0 Å². The van der Waals surface area contributed by atoms with Gasteiger partial charge in [0.25, 0.3) is 5.91 Å². The van der Waals surface area contributed by atoms with Crippen LogP contribution in [0.4, 0.5) is 4.79 Å². The third-order valence-electron chi connectivity index (χ3n) is 3.50. The number of halogens is 1. The highest BCUT2D eigenvalue weighted by atomic mass is 79.9. The summed E-state index contributed by atoms with van der Waals surface area (Å²) in [6.45, 7) is 6.93. The second-order valence-corrected chi connectivity index (χ2v) is 7.64. The van der Waals surface area contributed by atoms with Gasteiger partial charge in [0.1, 0.15) is 5.60 Å². The summed E-state index contributed by atoms with van der Waals surface area (Å²) in [4.78, 5) is 13.4. The Bertz CT molecular complexity index is 565. The maximum absolute atomic E-state index is 11.8. The van der Waals surface area contributed by atoms with Gasteiger partial charge in [-0.2, -0.15) is 0 Å². The molecule has 0 bridgehead atoms. The average Bonchev–Trinajstić information content (AvgIpc) is 2.34. The molecule has 1 aromatic carbocycles. The molecule has 1 aliphatic rings. The van der Waals surface area contributed by atoms with Crippen LogP contribution in [0, 0.1) is 5.92 Å². The van der Waals surface area contributed by atoms with Gasteiger partial charge in [0.15, 0.2) is 0 Å². The zero-order valence-corrected chi connectivity index (χ0v) is 15.1. The van der Waals surface area contributed by atoms with E-state index in [0.717, 1.165) is 0 Å². The highest BCUT2D eigenvalue weighted by molar-refractivity contribution is 9.10. The molecule has 2 rings (SSSR count). The first-order chi connectivity index (χ1) is 10.6. The van der Waals surface area contributed by atoms with Crippen molar-refractivity contribution in [3.63, 3.8) is 0 Å². The molecule has 0 unspecified atom stereocenters. The number of rotatable bonds is 4. The van der Waals surface area contributed by atoms with E-state index in [4.69, 9.17) is 4.74 Å². The van der Waals surface area contributed by atoms with Crippen molar-refractivity contribution < 1.29 is 19.7 Å². The van der Waals surface area contributed by atoms with Crippen molar-refractivity contribution in [1.82, 2.24) is 10.2 Å². The molecule has 0 atom stereocenters. The summed E-state index contributed by atoms with van der Waals surface area (Å²) in [5.41, 5.74) is -0.158. The van der Waals surface area contributed by atoms with Gasteiger partial charge in [-0.1, -0.05) is 34.1 Å². The van der Waals surface area contributed by atoms with Gasteiger partial charge in [-0.3, -0.25) is 5.32 Å². The van der Waals surface area contributed by atoms with Crippen LogP contribution in [0.1, 0.15) is 26.3 Å². The Balaban J connectivity index is 1.80. The summed E-state index contributed by atoms with van der Waals surface area (Å²) in [7, 11) is 0. The Hall–Kier alpha value is -1.15. The molecule has 128 valence electrons. The molecule has 0 aromatic heterocycles. The summed E-state index contributed by atoms with van der Waals surface area (Å²) in [5.74, 6) is -1.96. The highest BCUT2D eigenvalue weighted by Gasteiger charge is 2.36. The zero-order valence-electron chi connectivity index (χ0n) is 13.5. The smallest absolute Gasteiger partial charge is 0.410 e. The minimum Gasteiger partial charge on any atom is -0.444 e. The lowest BCUT2D eigenvalue weighted by Crippen LogP contribution is -2.56. The maximum Gasteiger partial charge on any atom is 0.410 e. The van der Waals surface area contributed by atoms with Crippen LogP contribution in [0.15, 0.2) is 28.7 Å². The average molecular weight is 387 g/mol. The Labute approximate surface area is 144 Å². The molecule has 3 N–H and O–H groups in total. The molecule has 0 aliphatic carbocycles. The fourth-order valence-electron chi connectivity index (χ4n) is 2.30. The van der Waals surface area contributed by atoms with Crippen molar-refractivity contribution in [2.45, 2.75) is 32.3 Å². The van der Waals surface area contributed by atoms with E-state index < -0.39 is 11.5 Å². The number of nitrogens with zero attached hydrogens (tertiary/aromatic N) is 1. The molecular formula is C16H23BrN2O4. The van der Waals surface area contributed by atoms with Crippen molar-refractivity contribution in [3.05, 3.63) is 34.3 Å². The van der Waals surface area contributed by atoms with Gasteiger partial charge in [-0.05, 0) is 26.8 Å². The Kier molecular flexibility index (Phi) is 5.35. The van der Waals surface area contributed by atoms with E-state index in [1.165, 1.54) is 0 Å². The highest BCUT2D eigenvalue weighted by Crippen LogP contribution is 2.25. The first-order valence-corrected chi connectivity index (χ1v) is 8.30. The molecule has 0 saturated carbocycles. The van der Waals surface area contributed by atoms with Gasteiger partial charge < -0.3 is 19.8 Å². The lowest BCUT2D eigenvalue weighted by Gasteiger charge is -2.40. The second-order valence-electron chi connectivity index (χ2n) is 6.78. The predicted molar refractivity (Wildman–Crippen MR) is 89.6 cm³/mol. The first kappa shape index (κ1) is 18.2. The molecule has 7 heteroatoms. The number of nitrogens with one attached hydrogen (secondary N) is 1. The molecule has 1 fully saturated rings. The quantitative estimate of drug-likeness (QED) is 0.689. The number of hydrogen-bond acceptors (Lipinski definition) is 5. The molecule has 0 spiro atoms. The molecule has 6 nitrogen and oxygen atoms in total. The molecular weight excluding hydrogens is 364 g/mol. The SMILES string of the molecule is CC(C)(C)OC(=O)N1CC(CNC(O)(O)c2ccccc2Br)C1. The van der Waals surface area contributed by atoms with Crippen LogP contribution in [0.25, 0.3) is 0 Å². The zero-order chi connectivity index (χ0) is 17.3. The van der Waals surface area contributed by atoms with Crippen molar-refractivity contribution in [2.75, 3.05) is 19.6 Å². The molecule has 1 amide bonds. The maximum atomic E-state index is 11.8. The molecule has 1 aliphatic heterocycles. The van der Waals surface area contributed by atoms with E-state index in [9.17, 15) is 15.0 Å². The van der Waals surface area contributed by atoms with Crippen LogP contribution in [0.5, 0.6) is 0 Å². The van der Waals surface area contributed by atoms with E-state index in [1.807, 2.05) is 20.8 Å². The third kappa shape index (κ3) is 4.91. The Morgan fingerprint density at radius 3 is 2.52 bits per heavy atom. The lowest BCUT2D eigenvalue weighted by atomic mass is 10.0. The summed E-state index contributed by atoms with van der Waals surface area (Å²) < 4.78 is 5.89. The molecule has 23 heavy (non-hydrogen) atoms. The Morgan fingerprint density at radius 1 is 1.35 bits per heavy atom. The van der Waals surface area contributed by atoms with E-state index >= 15 is 0 Å². The topological polar surface area (TPSA) is 82.0 Å². The van der Waals surface area contributed by atoms with E-state index in [0.29, 0.717) is 29.7 Å². The summed E-state index contributed by atoms with van der Waals surface area (Å²) in [6.07, 6.45) is -0.334. The van der Waals surface area contributed by atoms with Gasteiger partial charge >= 0.3 is 6.09 Å². The number of carbonyl (C=O) groups excluding carboxylic acids is 1. The van der Waals surface area contributed by atoms with Gasteiger partial charge in [0.2, 0.25) is 0 Å². The fourth-order valence-corrected chi connectivity index (χ4v) is 2.86. The minimum atomic E-state index is -2.12. The number of ether oxygens (including phenoxy) is 1. The van der Waals surface area contributed by atoms with E-state index in [2.05, 4.69) is 21.2 Å². The van der Waals surface area contributed by atoms with Gasteiger partial charge in [0, 0.05) is 35.6 Å². The lowest BCUT2D eigenvalue weighted by molar-refractivity contribution is -0.198. The van der Waals surface area contributed by atoms with Crippen LogP contribution < -0.4 is 5.32 Å². The van der Waals surface area contributed by atoms with Gasteiger partial charge in [-0.25, -0.2) is 4.79 Å². The van der Waals surface area contributed by atoms with Crippen molar-refractivity contribution in [3.8, 4) is 0 Å². The second kappa shape index (κ2) is 6.76. The number of hydrogen-bond donors (Lipinski definition) is 3. The van der Waals surface area contributed by atoms with Gasteiger partial charge in [0.05, 0.1) is 0 Å². The largest absolute Gasteiger partial charge is 0.444 e. The number of aliphatic hydroxyl groups is 2. The number of likely N-dealkylation sites (tertiary alicyclic amines) is 1. The molecule has 0 radical (unpaired) electrons. The third-order valence-corrected chi connectivity index (χ3v) is 4.19. The summed E-state index contributed by atoms with van der Waals surface area (Å²) >= 11 is 3.30. The van der Waals surface area contributed by atoms with Crippen molar-refractivity contribution in [2.24, 2.45) is 5.92 Å². The molecule has 1 aromatic rings. The normalized spacial score (nSPS) is 16.2. The Morgan fingerprint density at radius 2 is 1.96 bits per heavy atom. The van der Waals surface area contributed by atoms with Crippen LogP contribution in [-0.2, 0) is 10.6 Å². The number of benzene rings is 1. The van der Waals surface area contributed by atoms with Crippen LogP contribution in [0.2, 0.25) is 0 Å². The standard InChI is InChI=1S/C16H23BrN2O4/c1-15(2,3)23-14(20)19-9-11(10-19)8-18-16(21,22)12-6-4-5-7-13(12)17/h4-7,11,18,21-22H,8-10H2,1-3H3. The van der Waals surface area contributed by atoms with E-state index in [-0.39, 0.29) is 12.0 Å². The molecule has 1 heterocycles. The van der Waals surface area contributed by atoms with Crippen LogP contribution >= 0.6 is 15.9 Å². The number of carbonyl (C=O) groups is 1. The summed E-state index contributed by atoms with van der Waals surface area (Å²) in [6, 6.07) is 6.90. The monoisotopic (exact) mass is 386 g/mol. The first-order valence-electron chi connectivity index (χ1n) is 7.51. The number of amides is 1. The van der Waals surface area contributed by atoms with Crippen LogP contribution in [-0.4, -0.2) is 46.4 Å². The van der Waals surface area contributed by atoms with Gasteiger partial charge in [-0.15, -0.1) is 0 Å². The predicted octanol–water partition coefficient (Wildman–Crippen LogP) is 2.00. The van der Waals surface area contributed by atoms with E-state index in [1.54, 1.807) is 29.2 Å². The van der Waals surface area contributed by atoms with Crippen molar-refractivity contribution in [1.29, 1.82) is 0 Å².